The van der Waals surface area contributed by atoms with Crippen LogP contribution in [0.4, 0.5) is 0 Å². The average Bonchev–Trinajstić information content (AvgIpc) is 3.09. The van der Waals surface area contributed by atoms with Crippen LogP contribution in [-0.2, 0) is 0 Å². The highest BCUT2D eigenvalue weighted by atomic mass is 16.5. The summed E-state index contributed by atoms with van der Waals surface area (Å²) in [6.45, 7) is 2.28. The fourth-order valence-electron chi connectivity index (χ4n) is 3.59. The second-order valence-electron chi connectivity index (χ2n) is 6.39. The molecule has 3 rings (SSSR count). The number of allylic oxidation sites excluding steroid dienone is 1. The maximum Gasteiger partial charge on any atom is 0.233 e. The zero-order valence-corrected chi connectivity index (χ0v) is 12.3. The Morgan fingerprint density at radius 2 is 2.05 bits per heavy atom. The highest BCUT2D eigenvalue weighted by molar-refractivity contribution is 5.16. The van der Waals surface area contributed by atoms with Crippen molar-refractivity contribution < 1.29 is 4.52 Å². The van der Waals surface area contributed by atoms with Crippen LogP contribution in [-0.4, -0.2) is 16.2 Å². The summed E-state index contributed by atoms with van der Waals surface area (Å²) in [4.78, 5) is 4.64. The van der Waals surface area contributed by atoms with Gasteiger partial charge in [0.05, 0.1) is 5.92 Å². The molecule has 20 heavy (non-hydrogen) atoms. The molecule has 4 heteroatoms. The Balaban J connectivity index is 1.59. The zero-order chi connectivity index (χ0) is 13.9. The van der Waals surface area contributed by atoms with Gasteiger partial charge in [0, 0.05) is 12.0 Å². The predicted molar refractivity (Wildman–Crippen MR) is 78.4 cm³/mol. The number of hydrogen-bond acceptors (Lipinski definition) is 4. The van der Waals surface area contributed by atoms with E-state index in [1.165, 1.54) is 38.5 Å². The van der Waals surface area contributed by atoms with Crippen LogP contribution >= 0.6 is 0 Å². The molecule has 0 amide bonds. The van der Waals surface area contributed by atoms with E-state index in [-0.39, 0.29) is 12.0 Å². The highest BCUT2D eigenvalue weighted by Gasteiger charge is 2.28. The predicted octanol–water partition coefficient (Wildman–Crippen LogP) is 3.51. The molecule has 1 heterocycles. The first kappa shape index (κ1) is 13.8. The number of hydrogen-bond donors (Lipinski definition) is 1. The van der Waals surface area contributed by atoms with Crippen molar-refractivity contribution in [2.24, 2.45) is 11.7 Å². The summed E-state index contributed by atoms with van der Waals surface area (Å²) >= 11 is 0. The largest absolute Gasteiger partial charge is 0.339 e. The van der Waals surface area contributed by atoms with Crippen LogP contribution in [0.2, 0.25) is 0 Å². The highest BCUT2D eigenvalue weighted by Crippen LogP contribution is 2.37. The van der Waals surface area contributed by atoms with E-state index in [0.29, 0.717) is 5.92 Å². The van der Waals surface area contributed by atoms with Crippen LogP contribution < -0.4 is 5.73 Å². The first-order valence-corrected chi connectivity index (χ1v) is 8.03. The van der Waals surface area contributed by atoms with Gasteiger partial charge in [-0.25, -0.2) is 0 Å². The summed E-state index contributed by atoms with van der Waals surface area (Å²) in [6.07, 6.45) is 12.8. The molecule has 0 spiro atoms. The Morgan fingerprint density at radius 3 is 2.70 bits per heavy atom. The Kier molecular flexibility index (Phi) is 4.20. The van der Waals surface area contributed by atoms with Gasteiger partial charge in [0.1, 0.15) is 0 Å². The molecule has 0 aromatic carbocycles. The summed E-state index contributed by atoms with van der Waals surface area (Å²) in [5, 5.41) is 4.22. The van der Waals surface area contributed by atoms with Gasteiger partial charge in [-0.2, -0.15) is 4.98 Å². The summed E-state index contributed by atoms with van der Waals surface area (Å²) in [5.41, 5.74) is 5.88. The van der Waals surface area contributed by atoms with Crippen LogP contribution in [0.25, 0.3) is 0 Å². The number of aromatic nitrogens is 2. The molecular weight excluding hydrogens is 250 g/mol. The Labute approximate surface area is 120 Å². The van der Waals surface area contributed by atoms with E-state index in [4.69, 9.17) is 10.3 Å². The van der Waals surface area contributed by atoms with Gasteiger partial charge in [0.25, 0.3) is 0 Å². The first-order chi connectivity index (χ1) is 9.76. The molecule has 0 aliphatic heterocycles. The standard InChI is InChI=1S/C16H25N3O/c1-2-3-11-4-6-12(7-5-11)15-18-16(20-19-15)13-8-9-14(17)10-13/h8-9,11-14H,2-7,10,17H2,1H3. The third-order valence-electron chi connectivity index (χ3n) is 4.80. The van der Waals surface area contributed by atoms with Crippen molar-refractivity contribution >= 4 is 0 Å². The summed E-state index contributed by atoms with van der Waals surface area (Å²) < 4.78 is 5.46. The van der Waals surface area contributed by atoms with Crippen LogP contribution in [0.15, 0.2) is 16.7 Å². The van der Waals surface area contributed by atoms with E-state index in [1.807, 2.05) is 6.08 Å². The molecule has 2 unspecified atom stereocenters. The summed E-state index contributed by atoms with van der Waals surface area (Å²) in [5.74, 6) is 3.31. The summed E-state index contributed by atoms with van der Waals surface area (Å²) in [6, 6.07) is 0.139. The lowest BCUT2D eigenvalue weighted by molar-refractivity contribution is 0.294. The fraction of sp³-hybridized carbons (Fsp3) is 0.750. The lowest BCUT2D eigenvalue weighted by atomic mass is 9.80. The summed E-state index contributed by atoms with van der Waals surface area (Å²) in [7, 11) is 0. The van der Waals surface area contributed by atoms with E-state index < -0.39 is 0 Å². The minimum absolute atomic E-state index is 0.139. The molecule has 2 aliphatic carbocycles. The van der Waals surface area contributed by atoms with Gasteiger partial charge in [-0.05, 0) is 38.0 Å². The van der Waals surface area contributed by atoms with Crippen LogP contribution in [0.1, 0.15) is 75.4 Å². The van der Waals surface area contributed by atoms with Crippen molar-refractivity contribution in [2.75, 3.05) is 0 Å². The topological polar surface area (TPSA) is 64.9 Å². The van der Waals surface area contributed by atoms with Gasteiger partial charge in [-0.15, -0.1) is 0 Å². The van der Waals surface area contributed by atoms with E-state index in [9.17, 15) is 0 Å². The molecular formula is C16H25N3O. The molecule has 4 nitrogen and oxygen atoms in total. The van der Waals surface area contributed by atoms with Gasteiger partial charge >= 0.3 is 0 Å². The molecule has 1 aromatic rings. The molecule has 0 radical (unpaired) electrons. The van der Waals surface area contributed by atoms with E-state index in [1.54, 1.807) is 0 Å². The average molecular weight is 275 g/mol. The SMILES string of the molecule is CCCC1CCC(c2noc(C3C=CC(N)C3)n2)CC1. The minimum Gasteiger partial charge on any atom is -0.339 e. The second kappa shape index (κ2) is 6.08. The Hall–Kier alpha value is -1.16. The van der Waals surface area contributed by atoms with Crippen molar-refractivity contribution in [3.05, 3.63) is 23.9 Å². The van der Waals surface area contributed by atoms with Crippen molar-refractivity contribution in [1.29, 1.82) is 0 Å². The maximum atomic E-state index is 5.88. The molecule has 0 bridgehead atoms. The third-order valence-corrected chi connectivity index (χ3v) is 4.80. The van der Waals surface area contributed by atoms with E-state index >= 15 is 0 Å². The second-order valence-corrected chi connectivity index (χ2v) is 6.39. The first-order valence-electron chi connectivity index (χ1n) is 8.03. The minimum atomic E-state index is 0.139. The maximum absolute atomic E-state index is 5.88. The lowest BCUT2D eigenvalue weighted by Crippen LogP contribution is -2.15. The molecule has 2 atom stereocenters. The van der Waals surface area contributed by atoms with Crippen molar-refractivity contribution in [3.8, 4) is 0 Å². The molecule has 1 saturated carbocycles. The van der Waals surface area contributed by atoms with Crippen molar-refractivity contribution in [1.82, 2.24) is 10.1 Å². The zero-order valence-electron chi connectivity index (χ0n) is 12.3. The lowest BCUT2D eigenvalue weighted by Gasteiger charge is -2.26. The van der Waals surface area contributed by atoms with Crippen molar-refractivity contribution in [2.45, 2.75) is 69.7 Å². The van der Waals surface area contributed by atoms with Crippen LogP contribution in [0, 0.1) is 5.92 Å². The van der Waals surface area contributed by atoms with Gasteiger partial charge < -0.3 is 10.3 Å². The molecule has 2 N–H and O–H groups in total. The van der Waals surface area contributed by atoms with E-state index in [0.717, 1.165) is 24.1 Å². The Morgan fingerprint density at radius 1 is 1.25 bits per heavy atom. The quantitative estimate of drug-likeness (QED) is 0.854. The Bertz CT molecular complexity index is 460. The van der Waals surface area contributed by atoms with Crippen LogP contribution in [0.5, 0.6) is 0 Å². The number of nitrogens with zero attached hydrogens (tertiary/aromatic N) is 2. The number of nitrogens with two attached hydrogens (primary N) is 1. The van der Waals surface area contributed by atoms with E-state index in [2.05, 4.69) is 23.1 Å². The molecule has 1 aromatic heterocycles. The molecule has 2 aliphatic rings. The normalized spacial score (nSPS) is 33.7. The number of rotatable bonds is 4. The van der Waals surface area contributed by atoms with Crippen LogP contribution in [0.3, 0.4) is 0 Å². The monoisotopic (exact) mass is 275 g/mol. The van der Waals surface area contributed by atoms with Gasteiger partial charge in [-0.3, -0.25) is 0 Å². The van der Waals surface area contributed by atoms with Gasteiger partial charge in [-0.1, -0.05) is 37.1 Å². The van der Waals surface area contributed by atoms with Gasteiger partial charge in [0.2, 0.25) is 5.89 Å². The molecule has 1 fully saturated rings. The molecule has 0 saturated heterocycles. The third kappa shape index (κ3) is 2.95. The van der Waals surface area contributed by atoms with Gasteiger partial charge in [0.15, 0.2) is 5.82 Å². The molecule has 110 valence electrons. The fourth-order valence-corrected chi connectivity index (χ4v) is 3.59. The van der Waals surface area contributed by atoms with Crippen molar-refractivity contribution in [3.63, 3.8) is 0 Å². The smallest absolute Gasteiger partial charge is 0.233 e.